The van der Waals surface area contributed by atoms with Crippen LogP contribution in [0.1, 0.15) is 47.0 Å². The maximum absolute atomic E-state index is 3.91. The van der Waals surface area contributed by atoms with E-state index >= 15 is 0 Å². The lowest BCUT2D eigenvalue weighted by Crippen LogP contribution is -2.28. The molecular weight excluding hydrogens is 170 g/mol. The summed E-state index contributed by atoms with van der Waals surface area (Å²) in [6.45, 7) is 14.0. The van der Waals surface area contributed by atoms with Gasteiger partial charge in [0.2, 0.25) is 0 Å². The highest BCUT2D eigenvalue weighted by Crippen LogP contribution is 2.17. The molecule has 0 radical (unpaired) electrons. The molecule has 1 nitrogen and oxygen atoms in total. The standard InChI is InChI=1S/C13H27N/c1-6-8-13(7-2)9-12(5)10-14-11(3)4/h7,11-14H,2,6,8-10H2,1,3-5H3. The first-order valence-corrected chi connectivity index (χ1v) is 5.96. The zero-order valence-corrected chi connectivity index (χ0v) is 10.3. The van der Waals surface area contributed by atoms with Crippen molar-refractivity contribution in [2.24, 2.45) is 11.8 Å². The lowest BCUT2D eigenvalue weighted by Gasteiger charge is -2.19. The first kappa shape index (κ1) is 13.7. The Hall–Kier alpha value is -0.300. The van der Waals surface area contributed by atoms with Crippen LogP contribution in [-0.4, -0.2) is 12.6 Å². The fourth-order valence-electron chi connectivity index (χ4n) is 1.74. The molecule has 2 atom stereocenters. The molecule has 0 saturated heterocycles. The zero-order valence-electron chi connectivity index (χ0n) is 10.3. The zero-order chi connectivity index (χ0) is 11.0. The third kappa shape index (κ3) is 7.14. The normalized spacial score (nSPS) is 15.5. The second kappa shape index (κ2) is 8.05. The second-order valence-corrected chi connectivity index (χ2v) is 4.69. The van der Waals surface area contributed by atoms with E-state index in [-0.39, 0.29) is 0 Å². The first-order chi connectivity index (χ1) is 6.60. The summed E-state index contributed by atoms with van der Waals surface area (Å²) < 4.78 is 0. The van der Waals surface area contributed by atoms with Crippen LogP contribution in [0, 0.1) is 11.8 Å². The Labute approximate surface area is 90.0 Å². The molecule has 0 aromatic carbocycles. The lowest BCUT2D eigenvalue weighted by atomic mass is 9.92. The summed E-state index contributed by atoms with van der Waals surface area (Å²) in [7, 11) is 0. The summed E-state index contributed by atoms with van der Waals surface area (Å²) in [5.74, 6) is 1.47. The van der Waals surface area contributed by atoms with Crippen molar-refractivity contribution >= 4 is 0 Å². The van der Waals surface area contributed by atoms with Crippen molar-refractivity contribution in [3.63, 3.8) is 0 Å². The van der Waals surface area contributed by atoms with E-state index < -0.39 is 0 Å². The molecule has 0 aliphatic carbocycles. The summed E-state index contributed by atoms with van der Waals surface area (Å²) in [6, 6.07) is 0.603. The lowest BCUT2D eigenvalue weighted by molar-refractivity contribution is 0.391. The fraction of sp³-hybridized carbons (Fsp3) is 0.846. The average Bonchev–Trinajstić information content (AvgIpc) is 2.14. The third-order valence-corrected chi connectivity index (χ3v) is 2.57. The van der Waals surface area contributed by atoms with Crippen LogP contribution in [0.25, 0.3) is 0 Å². The largest absolute Gasteiger partial charge is 0.314 e. The summed E-state index contributed by atoms with van der Waals surface area (Å²) in [5.41, 5.74) is 0. The van der Waals surface area contributed by atoms with Gasteiger partial charge in [-0.15, -0.1) is 6.58 Å². The summed E-state index contributed by atoms with van der Waals surface area (Å²) in [5, 5.41) is 3.48. The molecule has 2 unspecified atom stereocenters. The van der Waals surface area contributed by atoms with E-state index in [0.29, 0.717) is 12.0 Å². The Bertz CT molecular complexity index is 140. The van der Waals surface area contributed by atoms with E-state index in [1.807, 2.05) is 0 Å². The van der Waals surface area contributed by atoms with Gasteiger partial charge >= 0.3 is 0 Å². The van der Waals surface area contributed by atoms with Gasteiger partial charge in [0.05, 0.1) is 0 Å². The number of hydrogen-bond donors (Lipinski definition) is 1. The number of allylic oxidation sites excluding steroid dienone is 1. The van der Waals surface area contributed by atoms with E-state index in [2.05, 4.69) is 45.7 Å². The number of rotatable bonds is 8. The van der Waals surface area contributed by atoms with Gasteiger partial charge in [-0.25, -0.2) is 0 Å². The molecule has 0 fully saturated rings. The molecule has 1 N–H and O–H groups in total. The molecule has 84 valence electrons. The van der Waals surface area contributed by atoms with Gasteiger partial charge in [-0.2, -0.15) is 0 Å². The molecule has 1 heteroatoms. The minimum Gasteiger partial charge on any atom is -0.314 e. The van der Waals surface area contributed by atoms with Crippen molar-refractivity contribution in [3.8, 4) is 0 Å². The van der Waals surface area contributed by atoms with Gasteiger partial charge in [-0.1, -0.05) is 40.2 Å². The predicted octanol–water partition coefficient (Wildman–Crippen LogP) is 3.61. The molecule has 0 rings (SSSR count). The van der Waals surface area contributed by atoms with Crippen LogP contribution in [0.3, 0.4) is 0 Å². The topological polar surface area (TPSA) is 12.0 Å². The van der Waals surface area contributed by atoms with E-state index in [4.69, 9.17) is 0 Å². The third-order valence-electron chi connectivity index (χ3n) is 2.57. The minimum absolute atomic E-state index is 0.603. The Balaban J connectivity index is 3.66. The molecule has 0 saturated carbocycles. The maximum Gasteiger partial charge on any atom is 0.00104 e. The maximum atomic E-state index is 3.91. The van der Waals surface area contributed by atoms with Crippen molar-refractivity contribution < 1.29 is 0 Å². The van der Waals surface area contributed by atoms with Gasteiger partial charge in [0.25, 0.3) is 0 Å². The summed E-state index contributed by atoms with van der Waals surface area (Å²) in [4.78, 5) is 0. The van der Waals surface area contributed by atoms with E-state index in [9.17, 15) is 0 Å². The highest BCUT2D eigenvalue weighted by molar-refractivity contribution is 4.80. The molecule has 0 aliphatic heterocycles. The van der Waals surface area contributed by atoms with Crippen LogP contribution in [0.4, 0.5) is 0 Å². The van der Waals surface area contributed by atoms with Gasteiger partial charge in [0.15, 0.2) is 0 Å². The summed E-state index contributed by atoms with van der Waals surface area (Å²) >= 11 is 0. The minimum atomic E-state index is 0.603. The van der Waals surface area contributed by atoms with Crippen LogP contribution >= 0.6 is 0 Å². The SMILES string of the molecule is C=CC(CCC)CC(C)CNC(C)C. The molecule has 14 heavy (non-hydrogen) atoms. The van der Waals surface area contributed by atoms with Gasteiger partial charge in [0.1, 0.15) is 0 Å². The van der Waals surface area contributed by atoms with Crippen molar-refractivity contribution in [1.29, 1.82) is 0 Å². The second-order valence-electron chi connectivity index (χ2n) is 4.69. The van der Waals surface area contributed by atoms with Crippen molar-refractivity contribution in [2.75, 3.05) is 6.54 Å². The highest BCUT2D eigenvalue weighted by Gasteiger charge is 2.09. The van der Waals surface area contributed by atoms with E-state index in [0.717, 1.165) is 12.5 Å². The Morgan fingerprint density at radius 1 is 1.29 bits per heavy atom. The summed E-state index contributed by atoms with van der Waals surface area (Å²) in [6.07, 6.45) is 5.95. The average molecular weight is 197 g/mol. The molecule has 0 amide bonds. The van der Waals surface area contributed by atoms with Crippen LogP contribution in [0.15, 0.2) is 12.7 Å². The van der Waals surface area contributed by atoms with E-state index in [1.165, 1.54) is 19.3 Å². The number of nitrogens with one attached hydrogen (secondary N) is 1. The van der Waals surface area contributed by atoms with Crippen molar-refractivity contribution in [1.82, 2.24) is 5.32 Å². The smallest absolute Gasteiger partial charge is 0.00104 e. The highest BCUT2D eigenvalue weighted by atomic mass is 14.9. The predicted molar refractivity (Wildman–Crippen MR) is 65.5 cm³/mol. The Kier molecular flexibility index (Phi) is 7.87. The molecule has 0 spiro atoms. The van der Waals surface area contributed by atoms with Gasteiger partial charge in [-0.05, 0) is 31.2 Å². The van der Waals surface area contributed by atoms with Crippen molar-refractivity contribution in [2.45, 2.75) is 53.0 Å². The van der Waals surface area contributed by atoms with Crippen LogP contribution < -0.4 is 5.32 Å². The molecule has 0 heterocycles. The Morgan fingerprint density at radius 3 is 2.36 bits per heavy atom. The van der Waals surface area contributed by atoms with Gasteiger partial charge in [-0.3, -0.25) is 0 Å². The van der Waals surface area contributed by atoms with Crippen LogP contribution in [-0.2, 0) is 0 Å². The van der Waals surface area contributed by atoms with E-state index in [1.54, 1.807) is 0 Å². The van der Waals surface area contributed by atoms with Crippen molar-refractivity contribution in [3.05, 3.63) is 12.7 Å². The molecular formula is C13H27N. The fourth-order valence-corrected chi connectivity index (χ4v) is 1.74. The molecule has 0 aromatic heterocycles. The van der Waals surface area contributed by atoms with Gasteiger partial charge in [0, 0.05) is 6.04 Å². The molecule has 0 aliphatic rings. The van der Waals surface area contributed by atoms with Crippen LogP contribution in [0.2, 0.25) is 0 Å². The Morgan fingerprint density at radius 2 is 1.93 bits per heavy atom. The first-order valence-electron chi connectivity index (χ1n) is 5.96. The quantitative estimate of drug-likeness (QED) is 0.586. The van der Waals surface area contributed by atoms with Crippen LogP contribution in [0.5, 0.6) is 0 Å². The number of hydrogen-bond acceptors (Lipinski definition) is 1. The van der Waals surface area contributed by atoms with Gasteiger partial charge < -0.3 is 5.32 Å². The molecule has 0 bridgehead atoms. The monoisotopic (exact) mass is 197 g/mol. The molecule has 0 aromatic rings.